The summed E-state index contributed by atoms with van der Waals surface area (Å²) >= 11 is -2.91. The molecule has 0 amide bonds. The van der Waals surface area contributed by atoms with Crippen molar-refractivity contribution in [2.45, 2.75) is 98.0 Å². The number of rotatable bonds is 4. The van der Waals surface area contributed by atoms with Crippen LogP contribution in [0, 0.1) is 11.8 Å². The van der Waals surface area contributed by atoms with Crippen molar-refractivity contribution >= 4 is 32.4 Å². The molecule has 4 aliphatic rings. The Morgan fingerprint density at radius 1 is 0.700 bits per heavy atom. The standard InChI is InChI=1S/2C12H17.2CH3.2ClH.H2Si.Ti/c2*1-9(2)12-7-10-5-3-4-6-11(10)8-12;;;;;;/h2*7-9H,3-6H2,1-2H3;2*1H3;2*1H;1H2;. The molecule has 0 bridgehead atoms. The summed E-state index contributed by atoms with van der Waals surface area (Å²) in [5.74, 6) is 1.38. The van der Waals surface area contributed by atoms with Crippen molar-refractivity contribution in [3.8, 4) is 0 Å². The third kappa shape index (κ3) is 4.33. The van der Waals surface area contributed by atoms with Crippen molar-refractivity contribution < 1.29 is 14.0 Å². The Morgan fingerprint density at radius 2 is 1.03 bits per heavy atom. The molecule has 30 heavy (non-hydrogen) atoms. The zero-order chi connectivity index (χ0) is 20.3. The number of halogens is 2. The second-order valence-corrected chi connectivity index (χ2v) is 32.1. The molecule has 0 radical (unpaired) electrons. The molecule has 0 aliphatic heterocycles. The van der Waals surface area contributed by atoms with Gasteiger partial charge in [-0.2, -0.15) is 0 Å². The van der Waals surface area contributed by atoms with Crippen molar-refractivity contribution in [2.75, 3.05) is 0 Å². The van der Waals surface area contributed by atoms with Crippen molar-refractivity contribution in [1.29, 1.82) is 0 Å². The molecular formula is C26H44Cl2SiTi. The Labute approximate surface area is 200 Å². The molecule has 0 spiro atoms. The van der Waals surface area contributed by atoms with Crippen LogP contribution in [0.5, 0.6) is 0 Å². The van der Waals surface area contributed by atoms with Gasteiger partial charge in [0.25, 0.3) is 0 Å². The predicted octanol–water partition coefficient (Wildman–Crippen LogP) is 8.67. The SMILES string of the molecule is CC(C)C1=CC2=C(CCCC2)[CH]1[Ti]([CH3])([CH3])(=[SiH2])[CH]1C(C(C)C)=CC2=C1CCCC2.Cl.Cl. The molecule has 4 heteroatoms. The molecular weight excluding hydrogens is 459 g/mol. The van der Waals surface area contributed by atoms with Crippen molar-refractivity contribution in [3.63, 3.8) is 0 Å². The van der Waals surface area contributed by atoms with Gasteiger partial charge in [-0.15, -0.1) is 24.8 Å². The molecule has 0 saturated heterocycles. The Bertz CT molecular complexity index is 813. The summed E-state index contributed by atoms with van der Waals surface area (Å²) in [5, 5.41) is 5.68. The first-order valence-corrected chi connectivity index (χ1v) is 21.0. The van der Waals surface area contributed by atoms with E-state index in [1.165, 1.54) is 51.4 Å². The van der Waals surface area contributed by atoms with Crippen LogP contribution in [0.15, 0.2) is 45.6 Å². The van der Waals surface area contributed by atoms with Crippen LogP contribution in [0.25, 0.3) is 0 Å². The molecule has 0 aromatic heterocycles. The van der Waals surface area contributed by atoms with E-state index in [0.29, 0.717) is 11.8 Å². The fourth-order valence-electron chi connectivity index (χ4n) is 7.27. The fraction of sp³-hybridized carbons (Fsp3) is 0.692. The Balaban J connectivity index is 0.00000160. The molecule has 4 rings (SSSR count). The molecule has 0 fully saturated rings. The molecule has 4 aliphatic carbocycles. The van der Waals surface area contributed by atoms with E-state index in [4.69, 9.17) is 0 Å². The van der Waals surface area contributed by atoms with Crippen molar-refractivity contribution in [3.05, 3.63) is 45.6 Å². The third-order valence-electron chi connectivity index (χ3n) is 8.38. The average molecular weight is 503 g/mol. The monoisotopic (exact) mass is 502 g/mol. The van der Waals surface area contributed by atoms with E-state index in [1.54, 1.807) is 11.1 Å². The summed E-state index contributed by atoms with van der Waals surface area (Å²) in [6.07, 6.45) is 16.5. The van der Waals surface area contributed by atoms with Crippen molar-refractivity contribution in [1.82, 2.24) is 0 Å². The number of hydrogen-bond donors (Lipinski definition) is 0. The van der Waals surface area contributed by atoms with Gasteiger partial charge in [-0.05, 0) is 0 Å². The molecule has 0 aromatic carbocycles. The van der Waals surface area contributed by atoms with Crippen LogP contribution in [0.1, 0.15) is 79.1 Å². The van der Waals surface area contributed by atoms with Gasteiger partial charge in [0.2, 0.25) is 0 Å². The van der Waals surface area contributed by atoms with Crippen LogP contribution >= 0.6 is 24.8 Å². The maximum atomic E-state index is 2.84. The molecule has 0 aromatic rings. The van der Waals surface area contributed by atoms with E-state index in [-0.39, 0.29) is 24.8 Å². The molecule has 0 heterocycles. The zero-order valence-corrected chi connectivity index (χ0v) is 24.8. The second kappa shape index (κ2) is 9.38. The summed E-state index contributed by atoms with van der Waals surface area (Å²) in [7, 11) is 2.55. The number of hydrogen-bond acceptors (Lipinski definition) is 0. The van der Waals surface area contributed by atoms with Crippen LogP contribution in [-0.2, 0) is 14.0 Å². The largest absolute Gasteiger partial charge is 0.147 e. The molecule has 2 unspecified atom stereocenters. The zero-order valence-electron chi connectivity index (χ0n) is 20.1. The summed E-state index contributed by atoms with van der Waals surface area (Å²) < 4.78 is 1.62. The van der Waals surface area contributed by atoms with Gasteiger partial charge in [-0.3, -0.25) is 0 Å². The van der Waals surface area contributed by atoms with E-state index in [0.717, 1.165) is 8.45 Å². The van der Waals surface area contributed by atoms with Crippen molar-refractivity contribution in [2.24, 2.45) is 11.8 Å². The minimum atomic E-state index is -2.91. The molecule has 0 N–H and O–H groups in total. The van der Waals surface area contributed by atoms with Crippen LogP contribution in [0.2, 0.25) is 18.9 Å². The topological polar surface area (TPSA) is 0 Å². The second-order valence-electron chi connectivity index (χ2n) is 11.9. The van der Waals surface area contributed by atoms with Gasteiger partial charge in [-0.25, -0.2) is 0 Å². The van der Waals surface area contributed by atoms with Crippen LogP contribution in [0.3, 0.4) is 0 Å². The van der Waals surface area contributed by atoms with E-state index < -0.39 is 14.0 Å². The molecule has 170 valence electrons. The van der Waals surface area contributed by atoms with Crippen LogP contribution in [0.4, 0.5) is 0 Å². The maximum absolute atomic E-state index is 2.91. The average Bonchev–Trinajstić information content (AvgIpc) is 3.21. The van der Waals surface area contributed by atoms with Gasteiger partial charge < -0.3 is 0 Å². The quantitative estimate of drug-likeness (QED) is 0.337. The first-order chi connectivity index (χ1) is 13.1. The fourth-order valence-corrected chi connectivity index (χ4v) is 21.1. The first kappa shape index (κ1) is 26.7. The minimum Gasteiger partial charge on any atom is -0.147 e. The predicted molar refractivity (Wildman–Crippen MR) is 139 cm³/mol. The summed E-state index contributed by atoms with van der Waals surface area (Å²) in [4.78, 5) is 0. The van der Waals surface area contributed by atoms with Gasteiger partial charge in [-0.1, -0.05) is 0 Å². The van der Waals surface area contributed by atoms with Gasteiger partial charge in [0.15, 0.2) is 0 Å². The number of allylic oxidation sites excluding steroid dienone is 8. The Kier molecular flexibility index (Phi) is 8.35. The van der Waals surface area contributed by atoms with E-state index >= 15 is 0 Å². The summed E-state index contributed by atoms with van der Waals surface area (Å²) in [6, 6.07) is 0. The third-order valence-corrected chi connectivity index (χ3v) is 19.8. The van der Waals surface area contributed by atoms with E-state index in [1.807, 2.05) is 22.3 Å². The molecule has 2 atom stereocenters. The van der Waals surface area contributed by atoms with Gasteiger partial charge >= 0.3 is 177 Å². The smallest absolute Gasteiger partial charge is 0.147 e. The van der Waals surface area contributed by atoms with E-state index in [9.17, 15) is 0 Å². The normalized spacial score (nSPS) is 26.8. The first-order valence-electron chi connectivity index (χ1n) is 12.0. The summed E-state index contributed by atoms with van der Waals surface area (Å²) in [5.41, 5.74) is 11.0. The minimum absolute atomic E-state index is 0. The van der Waals surface area contributed by atoms with Crippen LogP contribution < -0.4 is 0 Å². The molecule has 0 saturated carbocycles. The molecule has 0 nitrogen and oxygen atoms in total. The van der Waals surface area contributed by atoms with Gasteiger partial charge in [0, 0.05) is 0 Å². The van der Waals surface area contributed by atoms with Crippen LogP contribution in [-0.4, -0.2) is 7.63 Å². The van der Waals surface area contributed by atoms with Gasteiger partial charge in [0.1, 0.15) is 0 Å². The van der Waals surface area contributed by atoms with E-state index in [2.05, 4.69) is 57.9 Å². The summed E-state index contributed by atoms with van der Waals surface area (Å²) in [6.45, 7) is 9.84. The van der Waals surface area contributed by atoms with Gasteiger partial charge in [0.05, 0.1) is 0 Å². The Hall–Kier alpha value is 0.471. The Morgan fingerprint density at radius 3 is 1.37 bits per heavy atom. The maximum Gasteiger partial charge on any atom is -0.147 e.